The SMILES string of the molecule is CC(C)CN(Cc1ccccc1)C(=O)c1ccco1. The Kier molecular flexibility index (Phi) is 4.39. The summed E-state index contributed by atoms with van der Waals surface area (Å²) in [7, 11) is 0. The number of amides is 1. The van der Waals surface area contributed by atoms with Crippen LogP contribution in [0.5, 0.6) is 0 Å². The van der Waals surface area contributed by atoms with Gasteiger partial charge in [-0.1, -0.05) is 44.2 Å². The lowest BCUT2D eigenvalue weighted by Crippen LogP contribution is -2.33. The highest BCUT2D eigenvalue weighted by molar-refractivity contribution is 5.91. The standard InChI is InChI=1S/C16H19NO2/c1-13(2)11-17(12-14-7-4-3-5-8-14)16(18)15-9-6-10-19-15/h3-10,13H,11-12H2,1-2H3. The highest BCUT2D eigenvalue weighted by Gasteiger charge is 2.19. The largest absolute Gasteiger partial charge is 0.459 e. The minimum Gasteiger partial charge on any atom is -0.459 e. The van der Waals surface area contributed by atoms with Gasteiger partial charge in [0.25, 0.3) is 5.91 Å². The maximum Gasteiger partial charge on any atom is 0.289 e. The fraction of sp³-hybridized carbons (Fsp3) is 0.312. The van der Waals surface area contributed by atoms with Crippen LogP contribution in [0.15, 0.2) is 53.1 Å². The van der Waals surface area contributed by atoms with E-state index in [1.165, 1.54) is 6.26 Å². The molecule has 100 valence electrons. The molecule has 3 heteroatoms. The molecular weight excluding hydrogens is 238 g/mol. The molecule has 0 atom stereocenters. The molecular formula is C16H19NO2. The molecule has 1 amide bonds. The second kappa shape index (κ2) is 6.23. The third-order valence-corrected chi connectivity index (χ3v) is 2.82. The Morgan fingerprint density at radius 2 is 1.89 bits per heavy atom. The van der Waals surface area contributed by atoms with Crippen LogP contribution in [-0.2, 0) is 6.54 Å². The molecule has 1 aromatic heterocycles. The molecule has 0 radical (unpaired) electrons. The lowest BCUT2D eigenvalue weighted by atomic mass is 10.1. The third-order valence-electron chi connectivity index (χ3n) is 2.82. The maximum atomic E-state index is 12.4. The summed E-state index contributed by atoms with van der Waals surface area (Å²) in [6.07, 6.45) is 1.53. The quantitative estimate of drug-likeness (QED) is 0.820. The molecule has 0 saturated carbocycles. The van der Waals surface area contributed by atoms with E-state index in [2.05, 4.69) is 13.8 Å². The molecule has 3 nitrogen and oxygen atoms in total. The summed E-state index contributed by atoms with van der Waals surface area (Å²) in [6.45, 7) is 5.54. The van der Waals surface area contributed by atoms with Crippen LogP contribution in [0.3, 0.4) is 0 Å². The highest BCUT2D eigenvalue weighted by atomic mass is 16.3. The molecule has 0 aliphatic rings. The monoisotopic (exact) mass is 257 g/mol. The maximum absolute atomic E-state index is 12.4. The Labute approximate surface area is 113 Å². The van der Waals surface area contributed by atoms with Gasteiger partial charge in [-0.15, -0.1) is 0 Å². The topological polar surface area (TPSA) is 33.5 Å². The van der Waals surface area contributed by atoms with Crippen molar-refractivity contribution in [3.8, 4) is 0 Å². The van der Waals surface area contributed by atoms with Gasteiger partial charge in [0.1, 0.15) is 0 Å². The summed E-state index contributed by atoms with van der Waals surface area (Å²) >= 11 is 0. The summed E-state index contributed by atoms with van der Waals surface area (Å²) in [4.78, 5) is 14.2. The van der Waals surface area contributed by atoms with E-state index in [0.29, 0.717) is 24.8 Å². The fourth-order valence-corrected chi connectivity index (χ4v) is 2.02. The number of furan rings is 1. The van der Waals surface area contributed by atoms with Crippen LogP contribution >= 0.6 is 0 Å². The molecule has 0 N–H and O–H groups in total. The summed E-state index contributed by atoms with van der Waals surface area (Å²) < 4.78 is 5.20. The van der Waals surface area contributed by atoms with Gasteiger partial charge >= 0.3 is 0 Å². The molecule has 0 spiro atoms. The van der Waals surface area contributed by atoms with Crippen molar-refractivity contribution in [2.45, 2.75) is 20.4 Å². The van der Waals surface area contributed by atoms with Crippen LogP contribution < -0.4 is 0 Å². The normalized spacial score (nSPS) is 10.7. The zero-order chi connectivity index (χ0) is 13.7. The Bertz CT molecular complexity index is 503. The molecule has 0 aliphatic heterocycles. The van der Waals surface area contributed by atoms with Gasteiger partial charge in [0.05, 0.1) is 6.26 Å². The van der Waals surface area contributed by atoms with Crippen LogP contribution in [0.2, 0.25) is 0 Å². The van der Waals surface area contributed by atoms with Crippen molar-refractivity contribution < 1.29 is 9.21 Å². The van der Waals surface area contributed by atoms with Gasteiger partial charge in [-0.2, -0.15) is 0 Å². The van der Waals surface area contributed by atoms with Gasteiger partial charge in [-0.3, -0.25) is 4.79 Å². The number of carbonyl (C=O) groups excluding carboxylic acids is 1. The second-order valence-electron chi connectivity index (χ2n) is 5.04. The highest BCUT2D eigenvalue weighted by Crippen LogP contribution is 2.12. The third kappa shape index (κ3) is 3.71. The Hall–Kier alpha value is -2.03. The molecule has 0 bridgehead atoms. The molecule has 1 heterocycles. The van der Waals surface area contributed by atoms with E-state index in [1.807, 2.05) is 35.2 Å². The predicted molar refractivity (Wildman–Crippen MR) is 74.7 cm³/mol. The van der Waals surface area contributed by atoms with E-state index in [4.69, 9.17) is 4.42 Å². The molecule has 19 heavy (non-hydrogen) atoms. The molecule has 0 fully saturated rings. The van der Waals surface area contributed by atoms with Crippen LogP contribution in [0.1, 0.15) is 30.0 Å². The minimum absolute atomic E-state index is 0.0532. The average molecular weight is 257 g/mol. The average Bonchev–Trinajstić information content (AvgIpc) is 2.91. The van der Waals surface area contributed by atoms with Crippen LogP contribution in [0, 0.1) is 5.92 Å². The van der Waals surface area contributed by atoms with E-state index in [1.54, 1.807) is 12.1 Å². The zero-order valence-electron chi connectivity index (χ0n) is 11.4. The van der Waals surface area contributed by atoms with Gasteiger partial charge in [-0.25, -0.2) is 0 Å². The van der Waals surface area contributed by atoms with E-state index in [0.717, 1.165) is 5.56 Å². The van der Waals surface area contributed by atoms with E-state index >= 15 is 0 Å². The zero-order valence-corrected chi connectivity index (χ0v) is 11.4. The van der Waals surface area contributed by atoms with Crippen LogP contribution in [0.4, 0.5) is 0 Å². The Balaban J connectivity index is 2.14. The van der Waals surface area contributed by atoms with Gasteiger partial charge in [0, 0.05) is 13.1 Å². The van der Waals surface area contributed by atoms with Crippen molar-refractivity contribution in [2.24, 2.45) is 5.92 Å². The van der Waals surface area contributed by atoms with E-state index in [-0.39, 0.29) is 5.91 Å². The summed E-state index contributed by atoms with van der Waals surface area (Å²) in [5.74, 6) is 0.766. The van der Waals surface area contributed by atoms with E-state index in [9.17, 15) is 4.79 Å². The lowest BCUT2D eigenvalue weighted by molar-refractivity contribution is 0.0690. The molecule has 0 saturated heterocycles. The molecule has 1 aromatic carbocycles. The van der Waals surface area contributed by atoms with Crippen molar-refractivity contribution in [1.29, 1.82) is 0 Å². The van der Waals surface area contributed by atoms with Gasteiger partial charge in [0.2, 0.25) is 0 Å². The summed E-state index contributed by atoms with van der Waals surface area (Å²) in [6, 6.07) is 13.5. The van der Waals surface area contributed by atoms with Gasteiger partial charge in [-0.05, 0) is 23.6 Å². The van der Waals surface area contributed by atoms with Crippen LogP contribution in [-0.4, -0.2) is 17.4 Å². The number of benzene rings is 1. The first kappa shape index (κ1) is 13.4. The fourth-order valence-electron chi connectivity index (χ4n) is 2.02. The summed E-state index contributed by atoms with van der Waals surface area (Å²) in [5.41, 5.74) is 1.13. The Morgan fingerprint density at radius 1 is 1.16 bits per heavy atom. The first-order valence-electron chi connectivity index (χ1n) is 6.53. The van der Waals surface area contributed by atoms with Crippen molar-refractivity contribution >= 4 is 5.91 Å². The van der Waals surface area contributed by atoms with Gasteiger partial charge in [0.15, 0.2) is 5.76 Å². The van der Waals surface area contributed by atoms with Crippen molar-refractivity contribution in [3.05, 3.63) is 60.1 Å². The van der Waals surface area contributed by atoms with Gasteiger partial charge < -0.3 is 9.32 Å². The first-order chi connectivity index (χ1) is 9.16. The number of nitrogens with zero attached hydrogens (tertiary/aromatic N) is 1. The predicted octanol–water partition coefficient (Wildman–Crippen LogP) is 3.58. The minimum atomic E-state index is -0.0532. The second-order valence-corrected chi connectivity index (χ2v) is 5.04. The molecule has 2 aromatic rings. The number of hydrogen-bond acceptors (Lipinski definition) is 2. The molecule has 0 unspecified atom stereocenters. The number of carbonyl (C=O) groups is 1. The van der Waals surface area contributed by atoms with Crippen molar-refractivity contribution in [3.63, 3.8) is 0 Å². The number of rotatable bonds is 5. The smallest absolute Gasteiger partial charge is 0.289 e. The van der Waals surface area contributed by atoms with Crippen LogP contribution in [0.25, 0.3) is 0 Å². The van der Waals surface area contributed by atoms with E-state index < -0.39 is 0 Å². The number of hydrogen-bond donors (Lipinski definition) is 0. The molecule has 2 rings (SSSR count). The van der Waals surface area contributed by atoms with Crippen molar-refractivity contribution in [1.82, 2.24) is 4.90 Å². The Morgan fingerprint density at radius 3 is 2.47 bits per heavy atom. The lowest BCUT2D eigenvalue weighted by Gasteiger charge is -2.23. The molecule has 0 aliphatic carbocycles. The summed E-state index contributed by atoms with van der Waals surface area (Å²) in [5, 5.41) is 0. The van der Waals surface area contributed by atoms with Crippen molar-refractivity contribution in [2.75, 3.05) is 6.54 Å². The first-order valence-corrected chi connectivity index (χ1v) is 6.53.